The third-order valence-electron chi connectivity index (χ3n) is 2.31. The Bertz CT molecular complexity index is 383. The van der Waals surface area contributed by atoms with E-state index in [2.05, 4.69) is 16.0 Å². The molecule has 0 aromatic rings. The van der Waals surface area contributed by atoms with Gasteiger partial charge in [0.25, 0.3) is 0 Å². The number of hydrogen-bond donors (Lipinski definition) is 5. The third-order valence-corrected chi connectivity index (χ3v) is 2.31. The van der Waals surface area contributed by atoms with Crippen LogP contribution in [0.5, 0.6) is 0 Å². The molecule has 9 heteroatoms. The standard InChI is InChI=1S/C11H20N4O5/c1-6(2)10(15-7(16)3-12)11(20)14-4-8(17)13-5-9(18)19/h6,10H,3-5,12H2,1-2H3,(H,13,17)(H,14,20)(H,15,16)(H,18,19). The van der Waals surface area contributed by atoms with Crippen molar-refractivity contribution in [3.8, 4) is 0 Å². The van der Waals surface area contributed by atoms with Gasteiger partial charge in [0.1, 0.15) is 12.6 Å². The second-order valence-corrected chi connectivity index (χ2v) is 4.38. The number of carboxylic acid groups (broad SMARTS) is 1. The summed E-state index contributed by atoms with van der Waals surface area (Å²) in [4.78, 5) is 44.5. The highest BCUT2D eigenvalue weighted by atomic mass is 16.4. The topological polar surface area (TPSA) is 151 Å². The van der Waals surface area contributed by atoms with Crippen LogP contribution in [-0.2, 0) is 19.2 Å². The molecule has 0 saturated heterocycles. The molecule has 0 heterocycles. The fourth-order valence-electron chi connectivity index (χ4n) is 1.28. The molecule has 3 amide bonds. The number of aliphatic carboxylic acids is 1. The van der Waals surface area contributed by atoms with E-state index >= 15 is 0 Å². The van der Waals surface area contributed by atoms with Crippen LogP contribution in [0.2, 0.25) is 0 Å². The van der Waals surface area contributed by atoms with E-state index in [1.54, 1.807) is 13.8 Å². The predicted octanol–water partition coefficient (Wildman–Crippen LogP) is -2.60. The first-order valence-electron chi connectivity index (χ1n) is 6.03. The normalized spacial score (nSPS) is 11.6. The lowest BCUT2D eigenvalue weighted by Gasteiger charge is -2.21. The number of nitrogens with one attached hydrogen (secondary N) is 3. The summed E-state index contributed by atoms with van der Waals surface area (Å²) in [5, 5.41) is 15.2. The van der Waals surface area contributed by atoms with Crippen LogP contribution < -0.4 is 21.7 Å². The van der Waals surface area contributed by atoms with E-state index in [-0.39, 0.29) is 19.0 Å². The zero-order valence-corrected chi connectivity index (χ0v) is 11.4. The molecule has 0 aromatic heterocycles. The summed E-state index contributed by atoms with van der Waals surface area (Å²) in [5.74, 6) is -3.01. The van der Waals surface area contributed by atoms with Gasteiger partial charge in [0.2, 0.25) is 17.7 Å². The summed E-state index contributed by atoms with van der Waals surface area (Å²) in [6, 6.07) is -0.807. The smallest absolute Gasteiger partial charge is 0.322 e. The maximum Gasteiger partial charge on any atom is 0.322 e. The Kier molecular flexibility index (Phi) is 7.90. The van der Waals surface area contributed by atoms with E-state index in [0.29, 0.717) is 0 Å². The third kappa shape index (κ3) is 7.31. The summed E-state index contributed by atoms with van der Waals surface area (Å²) in [6.45, 7) is 2.33. The summed E-state index contributed by atoms with van der Waals surface area (Å²) in [6.07, 6.45) is 0. The second kappa shape index (κ2) is 8.86. The number of carbonyl (C=O) groups is 4. The largest absolute Gasteiger partial charge is 0.480 e. The lowest BCUT2D eigenvalue weighted by molar-refractivity contribution is -0.138. The first-order valence-corrected chi connectivity index (χ1v) is 6.03. The van der Waals surface area contributed by atoms with Crippen molar-refractivity contribution in [2.24, 2.45) is 11.7 Å². The molecule has 0 aliphatic heterocycles. The van der Waals surface area contributed by atoms with E-state index in [0.717, 1.165) is 0 Å². The van der Waals surface area contributed by atoms with Crippen LogP contribution in [0.1, 0.15) is 13.8 Å². The fraction of sp³-hybridized carbons (Fsp3) is 0.636. The van der Waals surface area contributed by atoms with E-state index in [9.17, 15) is 19.2 Å². The van der Waals surface area contributed by atoms with Crippen molar-refractivity contribution in [1.29, 1.82) is 0 Å². The van der Waals surface area contributed by atoms with Gasteiger partial charge in [0.05, 0.1) is 13.1 Å². The molecular formula is C11H20N4O5. The highest BCUT2D eigenvalue weighted by Gasteiger charge is 2.23. The molecule has 9 nitrogen and oxygen atoms in total. The van der Waals surface area contributed by atoms with E-state index < -0.39 is 36.3 Å². The molecule has 0 rings (SSSR count). The Morgan fingerprint density at radius 3 is 2.10 bits per heavy atom. The van der Waals surface area contributed by atoms with Gasteiger partial charge in [-0.15, -0.1) is 0 Å². The maximum absolute atomic E-state index is 11.8. The van der Waals surface area contributed by atoms with E-state index in [1.807, 2.05) is 0 Å². The molecule has 0 aliphatic carbocycles. The Morgan fingerprint density at radius 2 is 1.65 bits per heavy atom. The Balaban J connectivity index is 4.29. The first kappa shape index (κ1) is 17.8. The van der Waals surface area contributed by atoms with Gasteiger partial charge in [-0.25, -0.2) is 0 Å². The van der Waals surface area contributed by atoms with Gasteiger partial charge in [-0.1, -0.05) is 13.8 Å². The number of nitrogens with two attached hydrogens (primary N) is 1. The van der Waals surface area contributed by atoms with Crippen LogP contribution in [0, 0.1) is 5.92 Å². The molecule has 0 aromatic carbocycles. The summed E-state index contributed by atoms with van der Waals surface area (Å²) < 4.78 is 0. The fourth-order valence-corrected chi connectivity index (χ4v) is 1.28. The molecular weight excluding hydrogens is 268 g/mol. The minimum absolute atomic E-state index is 0.187. The molecule has 1 unspecified atom stereocenters. The zero-order valence-electron chi connectivity index (χ0n) is 11.4. The zero-order chi connectivity index (χ0) is 15.7. The van der Waals surface area contributed by atoms with E-state index in [4.69, 9.17) is 10.8 Å². The Hall–Kier alpha value is -2.16. The summed E-state index contributed by atoms with van der Waals surface area (Å²) in [5.41, 5.74) is 5.15. The van der Waals surface area contributed by atoms with Crippen molar-refractivity contribution in [1.82, 2.24) is 16.0 Å². The predicted molar refractivity (Wildman–Crippen MR) is 69.5 cm³/mol. The lowest BCUT2D eigenvalue weighted by Crippen LogP contribution is -2.52. The van der Waals surface area contributed by atoms with Crippen molar-refractivity contribution in [3.63, 3.8) is 0 Å². The van der Waals surface area contributed by atoms with Crippen LogP contribution in [0.25, 0.3) is 0 Å². The van der Waals surface area contributed by atoms with Crippen molar-refractivity contribution in [3.05, 3.63) is 0 Å². The van der Waals surface area contributed by atoms with Gasteiger partial charge in [0, 0.05) is 0 Å². The van der Waals surface area contributed by atoms with Crippen LogP contribution in [0.4, 0.5) is 0 Å². The minimum atomic E-state index is -1.18. The molecule has 20 heavy (non-hydrogen) atoms. The Morgan fingerprint density at radius 1 is 1.05 bits per heavy atom. The van der Waals surface area contributed by atoms with Gasteiger partial charge in [0.15, 0.2) is 0 Å². The SMILES string of the molecule is CC(C)C(NC(=O)CN)C(=O)NCC(=O)NCC(=O)O. The van der Waals surface area contributed by atoms with Gasteiger partial charge in [-0.05, 0) is 5.92 Å². The first-order chi connectivity index (χ1) is 9.27. The van der Waals surface area contributed by atoms with E-state index in [1.165, 1.54) is 0 Å². The molecule has 0 spiro atoms. The molecule has 0 saturated carbocycles. The highest BCUT2D eigenvalue weighted by molar-refractivity contribution is 5.91. The maximum atomic E-state index is 11.8. The Labute approximate surface area is 116 Å². The van der Waals surface area contributed by atoms with Crippen LogP contribution in [0.3, 0.4) is 0 Å². The van der Waals surface area contributed by atoms with Gasteiger partial charge >= 0.3 is 5.97 Å². The quantitative estimate of drug-likeness (QED) is 0.330. The monoisotopic (exact) mass is 288 g/mol. The summed E-state index contributed by atoms with van der Waals surface area (Å²) in [7, 11) is 0. The number of hydrogen-bond acceptors (Lipinski definition) is 5. The molecule has 114 valence electrons. The highest BCUT2D eigenvalue weighted by Crippen LogP contribution is 2.01. The molecule has 0 bridgehead atoms. The van der Waals surface area contributed by atoms with Gasteiger partial charge in [-0.2, -0.15) is 0 Å². The number of carbonyl (C=O) groups excluding carboxylic acids is 3. The molecule has 6 N–H and O–H groups in total. The van der Waals surface area contributed by atoms with Crippen molar-refractivity contribution in [2.45, 2.75) is 19.9 Å². The number of rotatable bonds is 8. The average Bonchev–Trinajstić information content (AvgIpc) is 2.38. The van der Waals surface area contributed by atoms with Crippen molar-refractivity contribution in [2.75, 3.05) is 19.6 Å². The van der Waals surface area contributed by atoms with Crippen molar-refractivity contribution >= 4 is 23.7 Å². The average molecular weight is 288 g/mol. The second-order valence-electron chi connectivity index (χ2n) is 4.38. The molecule has 0 fully saturated rings. The van der Waals surface area contributed by atoms with Crippen LogP contribution in [-0.4, -0.2) is 54.5 Å². The number of carboxylic acids is 1. The van der Waals surface area contributed by atoms with Crippen LogP contribution >= 0.6 is 0 Å². The lowest BCUT2D eigenvalue weighted by atomic mass is 10.0. The molecule has 0 radical (unpaired) electrons. The van der Waals surface area contributed by atoms with Crippen molar-refractivity contribution < 1.29 is 24.3 Å². The molecule has 1 atom stereocenters. The summed E-state index contributed by atoms with van der Waals surface area (Å²) >= 11 is 0. The molecule has 0 aliphatic rings. The minimum Gasteiger partial charge on any atom is -0.480 e. The van der Waals surface area contributed by atoms with Gasteiger partial charge in [-0.3, -0.25) is 19.2 Å². The van der Waals surface area contributed by atoms with Crippen LogP contribution in [0.15, 0.2) is 0 Å². The van der Waals surface area contributed by atoms with Gasteiger partial charge < -0.3 is 26.8 Å². The number of amides is 3.